The van der Waals surface area contributed by atoms with E-state index in [1.54, 1.807) is 26.3 Å². The van der Waals surface area contributed by atoms with E-state index in [0.29, 0.717) is 28.9 Å². The Balaban J connectivity index is 1.65. The average Bonchev–Trinajstić information content (AvgIpc) is 3.22. The second kappa shape index (κ2) is 9.63. The monoisotopic (exact) mass is 429 g/mol. The van der Waals surface area contributed by atoms with Crippen LogP contribution in [0.25, 0.3) is 11.4 Å². The molecule has 8 heteroatoms. The summed E-state index contributed by atoms with van der Waals surface area (Å²) in [7, 11) is 3.29. The fraction of sp³-hybridized carbons (Fsp3) is 0.318. The minimum Gasteiger partial charge on any atom is -0.497 e. The molecule has 158 valence electrons. The highest BCUT2D eigenvalue weighted by Gasteiger charge is 2.24. The van der Waals surface area contributed by atoms with Gasteiger partial charge >= 0.3 is 0 Å². The molecule has 1 aromatic heterocycles. The summed E-state index contributed by atoms with van der Waals surface area (Å²) in [6.45, 7) is 3.97. The first-order valence-corrected chi connectivity index (χ1v) is 9.93. The van der Waals surface area contributed by atoms with Crippen LogP contribution in [0.15, 0.2) is 47.0 Å². The molecular weight excluding hydrogens is 406 g/mol. The Kier molecular flexibility index (Phi) is 6.95. The molecular formula is C22H24ClN3O4. The van der Waals surface area contributed by atoms with Crippen molar-refractivity contribution in [1.29, 1.82) is 0 Å². The zero-order chi connectivity index (χ0) is 21.7. The summed E-state index contributed by atoms with van der Waals surface area (Å²) in [5.74, 6) is 1.97. The van der Waals surface area contributed by atoms with Crippen molar-refractivity contribution in [2.45, 2.75) is 32.9 Å². The zero-order valence-electron chi connectivity index (χ0n) is 17.4. The third-order valence-corrected chi connectivity index (χ3v) is 5.04. The Bertz CT molecular complexity index is 1000. The van der Waals surface area contributed by atoms with Gasteiger partial charge in [-0.2, -0.15) is 4.98 Å². The summed E-state index contributed by atoms with van der Waals surface area (Å²) in [6.07, 6.45) is -0.106. The van der Waals surface area contributed by atoms with Gasteiger partial charge in [0.25, 0.3) is 5.91 Å². The Morgan fingerprint density at radius 1 is 1.20 bits per heavy atom. The van der Waals surface area contributed by atoms with Crippen molar-refractivity contribution in [1.82, 2.24) is 15.0 Å². The molecule has 1 heterocycles. The molecule has 0 bridgehead atoms. The third kappa shape index (κ3) is 5.10. The van der Waals surface area contributed by atoms with Crippen molar-refractivity contribution in [3.05, 3.63) is 58.9 Å². The Hall–Kier alpha value is -3.06. The van der Waals surface area contributed by atoms with E-state index in [9.17, 15) is 4.79 Å². The van der Waals surface area contributed by atoms with Gasteiger partial charge in [0, 0.05) is 17.6 Å². The van der Waals surface area contributed by atoms with Gasteiger partial charge in [0.1, 0.15) is 11.5 Å². The van der Waals surface area contributed by atoms with E-state index in [4.69, 9.17) is 25.6 Å². The lowest BCUT2D eigenvalue weighted by molar-refractivity contribution is -0.138. The molecule has 3 rings (SSSR count). The van der Waals surface area contributed by atoms with Gasteiger partial charge in [0.2, 0.25) is 11.7 Å². The van der Waals surface area contributed by atoms with Gasteiger partial charge in [-0.1, -0.05) is 23.7 Å². The number of hydrogen-bond donors (Lipinski definition) is 0. The number of hydrogen-bond acceptors (Lipinski definition) is 6. The molecule has 0 N–H and O–H groups in total. The van der Waals surface area contributed by atoms with Crippen LogP contribution in [0.3, 0.4) is 0 Å². The SMILES string of the molecule is CCC(Oc1ccc(Cl)c(C)c1)C(=O)N(C)Cc1nc(-c2ccc(OC)cc2)no1. The lowest BCUT2D eigenvalue weighted by Crippen LogP contribution is -2.39. The molecule has 30 heavy (non-hydrogen) atoms. The Labute approximate surface area is 180 Å². The largest absolute Gasteiger partial charge is 0.497 e. The maximum absolute atomic E-state index is 12.9. The van der Waals surface area contributed by atoms with Gasteiger partial charge in [0.15, 0.2) is 6.10 Å². The molecule has 1 amide bonds. The predicted octanol–water partition coefficient (Wildman–Crippen LogP) is 4.52. The zero-order valence-corrected chi connectivity index (χ0v) is 18.1. The van der Waals surface area contributed by atoms with E-state index in [0.717, 1.165) is 16.9 Å². The number of benzene rings is 2. The van der Waals surface area contributed by atoms with Gasteiger partial charge in [-0.3, -0.25) is 4.79 Å². The van der Waals surface area contributed by atoms with Crippen LogP contribution in [0.2, 0.25) is 5.02 Å². The number of halogens is 1. The molecule has 0 fully saturated rings. The van der Waals surface area contributed by atoms with E-state index in [2.05, 4.69) is 10.1 Å². The third-order valence-electron chi connectivity index (χ3n) is 4.62. The molecule has 1 atom stereocenters. The van der Waals surface area contributed by atoms with Crippen LogP contribution < -0.4 is 9.47 Å². The van der Waals surface area contributed by atoms with Crippen LogP contribution in [0, 0.1) is 6.92 Å². The number of methoxy groups -OCH3 is 1. The number of nitrogens with zero attached hydrogens (tertiary/aromatic N) is 3. The number of likely N-dealkylation sites (N-methyl/N-ethyl adjacent to an activating group) is 1. The van der Waals surface area contributed by atoms with Crippen molar-refractivity contribution in [3.8, 4) is 22.9 Å². The van der Waals surface area contributed by atoms with E-state index >= 15 is 0 Å². The van der Waals surface area contributed by atoms with Gasteiger partial charge < -0.3 is 18.9 Å². The molecule has 7 nitrogen and oxygen atoms in total. The van der Waals surface area contributed by atoms with Gasteiger partial charge in [0.05, 0.1) is 13.7 Å². The second-order valence-corrected chi connectivity index (χ2v) is 7.27. The molecule has 0 spiro atoms. The fourth-order valence-corrected chi connectivity index (χ4v) is 2.98. The highest BCUT2D eigenvalue weighted by molar-refractivity contribution is 6.31. The first-order chi connectivity index (χ1) is 14.4. The van der Waals surface area contributed by atoms with Crippen LogP contribution in [-0.4, -0.2) is 41.2 Å². The molecule has 1 unspecified atom stereocenters. The quantitative estimate of drug-likeness (QED) is 0.523. The summed E-state index contributed by atoms with van der Waals surface area (Å²) >= 11 is 6.06. The van der Waals surface area contributed by atoms with E-state index in [1.807, 2.05) is 44.2 Å². The predicted molar refractivity (Wildman–Crippen MR) is 114 cm³/mol. The summed E-state index contributed by atoms with van der Waals surface area (Å²) in [5, 5.41) is 4.65. The maximum atomic E-state index is 12.9. The molecule has 0 saturated heterocycles. The van der Waals surface area contributed by atoms with Crippen LogP contribution in [0.1, 0.15) is 24.8 Å². The number of aryl methyl sites for hydroxylation is 1. The van der Waals surface area contributed by atoms with Crippen LogP contribution >= 0.6 is 11.6 Å². The summed E-state index contributed by atoms with van der Waals surface area (Å²) in [4.78, 5) is 18.8. The molecule has 2 aromatic carbocycles. The van der Waals surface area contributed by atoms with Crippen LogP contribution in [0.5, 0.6) is 11.5 Å². The first-order valence-electron chi connectivity index (χ1n) is 9.56. The lowest BCUT2D eigenvalue weighted by atomic mass is 10.2. The smallest absolute Gasteiger partial charge is 0.263 e. The Morgan fingerprint density at radius 3 is 2.53 bits per heavy atom. The van der Waals surface area contributed by atoms with Crippen molar-refractivity contribution in [2.75, 3.05) is 14.2 Å². The van der Waals surface area contributed by atoms with Gasteiger partial charge in [-0.25, -0.2) is 0 Å². The molecule has 0 aliphatic heterocycles. The van der Waals surface area contributed by atoms with E-state index in [-0.39, 0.29) is 12.5 Å². The fourth-order valence-electron chi connectivity index (χ4n) is 2.87. The van der Waals surface area contributed by atoms with E-state index in [1.165, 1.54) is 4.90 Å². The number of amides is 1. The lowest BCUT2D eigenvalue weighted by Gasteiger charge is -2.23. The highest BCUT2D eigenvalue weighted by atomic mass is 35.5. The molecule has 0 saturated carbocycles. The van der Waals surface area contributed by atoms with Crippen LogP contribution in [-0.2, 0) is 11.3 Å². The minimum absolute atomic E-state index is 0.172. The molecule has 0 aliphatic carbocycles. The van der Waals surface area contributed by atoms with Crippen LogP contribution in [0.4, 0.5) is 0 Å². The summed E-state index contributed by atoms with van der Waals surface area (Å²) in [5.41, 5.74) is 1.69. The normalized spacial score (nSPS) is 11.8. The number of rotatable bonds is 8. The first kappa shape index (κ1) is 21.6. The maximum Gasteiger partial charge on any atom is 0.263 e. The number of aromatic nitrogens is 2. The van der Waals surface area contributed by atoms with Gasteiger partial charge in [-0.15, -0.1) is 0 Å². The average molecular weight is 430 g/mol. The highest BCUT2D eigenvalue weighted by Crippen LogP contribution is 2.23. The van der Waals surface area contributed by atoms with Crippen molar-refractivity contribution < 1.29 is 18.8 Å². The topological polar surface area (TPSA) is 77.7 Å². The summed E-state index contributed by atoms with van der Waals surface area (Å²) in [6, 6.07) is 12.7. The molecule has 0 radical (unpaired) electrons. The Morgan fingerprint density at radius 2 is 1.90 bits per heavy atom. The molecule has 3 aromatic rings. The van der Waals surface area contributed by atoms with Crippen molar-refractivity contribution in [3.63, 3.8) is 0 Å². The number of carbonyl (C=O) groups is 1. The molecule has 0 aliphatic rings. The number of carbonyl (C=O) groups excluding carboxylic acids is 1. The standard InChI is InChI=1S/C22H24ClN3O4/c1-5-19(29-17-10-11-18(23)14(2)12-17)22(27)26(3)13-20-24-21(25-30-20)15-6-8-16(28-4)9-7-15/h6-12,19H,5,13H2,1-4H3. The van der Waals surface area contributed by atoms with Crippen molar-refractivity contribution >= 4 is 17.5 Å². The van der Waals surface area contributed by atoms with Gasteiger partial charge in [-0.05, 0) is 61.4 Å². The minimum atomic E-state index is -0.625. The van der Waals surface area contributed by atoms with Crippen molar-refractivity contribution in [2.24, 2.45) is 0 Å². The number of ether oxygens (including phenoxy) is 2. The summed E-state index contributed by atoms with van der Waals surface area (Å²) < 4.78 is 16.4. The second-order valence-electron chi connectivity index (χ2n) is 6.86. The van der Waals surface area contributed by atoms with E-state index < -0.39 is 6.10 Å².